The van der Waals surface area contributed by atoms with Crippen LogP contribution in [0.3, 0.4) is 0 Å². The second-order valence-electron chi connectivity index (χ2n) is 17.1. The number of nitrogens with two attached hydrogens (primary N) is 1. The number of guanidine groups is 1. The predicted molar refractivity (Wildman–Crippen MR) is 239 cm³/mol. The smallest absolute Gasteiger partial charge is 0.413 e. The Morgan fingerprint density at radius 3 is 2.14 bits per heavy atom. The number of benzene rings is 4. The van der Waals surface area contributed by atoms with Gasteiger partial charge in [-0.1, -0.05) is 78.9 Å². The molecule has 1 fully saturated rings. The van der Waals surface area contributed by atoms with Crippen molar-refractivity contribution in [1.29, 1.82) is 0 Å². The van der Waals surface area contributed by atoms with Crippen molar-refractivity contribution in [2.45, 2.75) is 95.4 Å². The van der Waals surface area contributed by atoms with Gasteiger partial charge < -0.3 is 30.0 Å². The van der Waals surface area contributed by atoms with Gasteiger partial charge in [-0.3, -0.25) is 24.7 Å². The van der Waals surface area contributed by atoms with Crippen LogP contribution in [0.1, 0.15) is 78.0 Å². The molecule has 64 heavy (non-hydrogen) atoms. The maximum absolute atomic E-state index is 14.4. The zero-order valence-corrected chi connectivity index (χ0v) is 37.7. The standard InChI is InChI=1S/C48H55N5O10S/c1-27-28(2)42(29(3)31-22-23-48(4,5)63-41(27)31)64(58,59)53-37(43(54)51-40-38(44(55)60-6)39(40)45(56)61-25-30-15-8-7-9-16-30)21-14-24-50-46(49)52-47(57)62-26-36-34-19-12-10-17-32(34)33-18-11-13-20-35(33)36/h7-13,15-20,36-40,53H,14,21-26H2,1-6H3,(H,51,54)(H3,49,50,52,57)/t37-,38-,39-,40+/m0/s1. The van der Waals surface area contributed by atoms with E-state index in [1.54, 1.807) is 38.1 Å². The number of carbonyl (C=O) groups is 4. The molecule has 2 amide bonds. The summed E-state index contributed by atoms with van der Waals surface area (Å²) >= 11 is 0. The van der Waals surface area contributed by atoms with E-state index >= 15 is 0 Å². The highest BCUT2D eigenvalue weighted by molar-refractivity contribution is 7.89. The van der Waals surface area contributed by atoms with Crippen molar-refractivity contribution >= 4 is 39.9 Å². The summed E-state index contributed by atoms with van der Waals surface area (Å²) in [5.41, 5.74) is 13.1. The van der Waals surface area contributed by atoms with E-state index in [9.17, 15) is 27.6 Å². The lowest BCUT2D eigenvalue weighted by molar-refractivity contribution is -0.150. The van der Waals surface area contributed by atoms with Crippen molar-refractivity contribution in [3.63, 3.8) is 0 Å². The summed E-state index contributed by atoms with van der Waals surface area (Å²) in [5.74, 6) is -4.02. The third-order valence-corrected chi connectivity index (χ3v) is 14.1. The van der Waals surface area contributed by atoms with Crippen LogP contribution in [-0.4, -0.2) is 76.3 Å². The lowest BCUT2D eigenvalue weighted by Gasteiger charge is -2.35. The number of ether oxygens (including phenoxy) is 4. The van der Waals surface area contributed by atoms with E-state index in [1.807, 2.05) is 75.4 Å². The van der Waals surface area contributed by atoms with E-state index in [1.165, 1.54) is 7.11 Å². The highest BCUT2D eigenvalue weighted by atomic mass is 32.2. The number of hydrogen-bond acceptors (Lipinski definition) is 11. The minimum Gasteiger partial charge on any atom is -0.487 e. The molecule has 0 saturated heterocycles. The van der Waals surface area contributed by atoms with Crippen LogP contribution in [0.15, 0.2) is 88.8 Å². The highest BCUT2D eigenvalue weighted by Gasteiger charge is 2.62. The third-order valence-electron chi connectivity index (χ3n) is 12.4. The van der Waals surface area contributed by atoms with Gasteiger partial charge in [-0.05, 0) is 110 Å². The van der Waals surface area contributed by atoms with Crippen molar-refractivity contribution in [2.24, 2.45) is 22.6 Å². The summed E-state index contributed by atoms with van der Waals surface area (Å²) in [6.07, 6.45) is 0.535. The fourth-order valence-corrected chi connectivity index (χ4v) is 10.6. The molecular weight excluding hydrogens is 839 g/mol. The first-order chi connectivity index (χ1) is 30.5. The minimum atomic E-state index is -4.37. The molecule has 3 aliphatic rings. The number of amides is 2. The molecule has 0 bridgehead atoms. The molecule has 0 unspecified atom stereocenters. The fraction of sp³-hybridized carbons (Fsp3) is 0.396. The summed E-state index contributed by atoms with van der Waals surface area (Å²) < 4.78 is 53.8. The number of methoxy groups -OCH3 is 1. The number of nitrogens with zero attached hydrogens (tertiary/aromatic N) is 1. The second kappa shape index (κ2) is 18.8. The van der Waals surface area contributed by atoms with Crippen LogP contribution in [0.25, 0.3) is 11.1 Å². The number of sulfonamides is 1. The molecule has 15 nitrogen and oxygen atoms in total. The number of hydrogen-bond donors (Lipinski definition) is 4. The molecule has 338 valence electrons. The maximum Gasteiger partial charge on any atom is 0.413 e. The molecule has 1 aliphatic heterocycles. The first-order valence-electron chi connectivity index (χ1n) is 21.4. The predicted octanol–water partition coefficient (Wildman–Crippen LogP) is 5.64. The van der Waals surface area contributed by atoms with Gasteiger partial charge in [-0.2, -0.15) is 4.72 Å². The minimum absolute atomic E-state index is 0.00716. The van der Waals surface area contributed by atoms with Gasteiger partial charge in [0.15, 0.2) is 5.96 Å². The van der Waals surface area contributed by atoms with Gasteiger partial charge in [0.25, 0.3) is 0 Å². The van der Waals surface area contributed by atoms with Gasteiger partial charge in [0.2, 0.25) is 15.9 Å². The Hall–Kier alpha value is -6.26. The molecule has 1 heterocycles. The molecule has 4 aromatic carbocycles. The van der Waals surface area contributed by atoms with Crippen molar-refractivity contribution in [2.75, 3.05) is 20.3 Å². The van der Waals surface area contributed by atoms with Crippen LogP contribution in [0.2, 0.25) is 0 Å². The molecule has 0 aromatic heterocycles. The van der Waals surface area contributed by atoms with Crippen LogP contribution in [-0.2, 0) is 51.6 Å². The van der Waals surface area contributed by atoms with E-state index in [2.05, 4.69) is 20.3 Å². The summed E-state index contributed by atoms with van der Waals surface area (Å²) in [7, 11) is -3.20. The number of esters is 2. The van der Waals surface area contributed by atoms with Crippen molar-refractivity contribution < 1.29 is 46.5 Å². The zero-order valence-electron chi connectivity index (χ0n) is 36.9. The summed E-state index contributed by atoms with van der Waals surface area (Å²) in [6, 6.07) is 22.5. The van der Waals surface area contributed by atoms with Crippen molar-refractivity contribution in [1.82, 2.24) is 15.4 Å². The van der Waals surface area contributed by atoms with E-state index in [0.717, 1.165) is 33.4 Å². The summed E-state index contributed by atoms with van der Waals surface area (Å²) in [5, 5.41) is 5.17. The molecule has 0 spiro atoms. The SMILES string of the molecule is COC(=O)[C@@H]1[C@@H](NC(=O)[C@H](CCCN=C(N)NC(=O)OCC2c3ccccc3-c3ccccc32)NS(=O)(=O)c2c(C)c(C)c3c(c2C)CCC(C)(C)O3)[C@H]1C(=O)OCc1ccccc1. The topological polar surface area (TPSA) is 214 Å². The normalized spacial score (nSPS) is 18.9. The number of alkyl carbamates (subject to hydrolysis) is 1. The number of aliphatic imine (C=N–C) groups is 1. The lowest BCUT2D eigenvalue weighted by atomic mass is 9.88. The van der Waals surface area contributed by atoms with E-state index in [0.29, 0.717) is 35.3 Å². The first kappa shape index (κ1) is 45.8. The molecule has 2 aliphatic carbocycles. The van der Waals surface area contributed by atoms with Crippen LogP contribution >= 0.6 is 0 Å². The molecule has 4 aromatic rings. The Balaban J connectivity index is 1.04. The van der Waals surface area contributed by atoms with E-state index in [-0.39, 0.29) is 49.4 Å². The van der Waals surface area contributed by atoms with Crippen LogP contribution in [0.4, 0.5) is 4.79 Å². The van der Waals surface area contributed by atoms with E-state index < -0.39 is 63.5 Å². The molecule has 4 atom stereocenters. The molecule has 7 rings (SSSR count). The second-order valence-corrected chi connectivity index (χ2v) is 18.8. The Bertz CT molecular complexity index is 2550. The Morgan fingerprint density at radius 1 is 0.859 bits per heavy atom. The summed E-state index contributed by atoms with van der Waals surface area (Å²) in [4.78, 5) is 57.3. The van der Waals surface area contributed by atoms with Crippen molar-refractivity contribution in [3.8, 4) is 16.9 Å². The van der Waals surface area contributed by atoms with Gasteiger partial charge in [0.05, 0.1) is 29.9 Å². The molecule has 1 saturated carbocycles. The monoisotopic (exact) mass is 893 g/mol. The Labute approximate surface area is 373 Å². The Kier molecular flexibility index (Phi) is 13.5. The molecule has 5 N–H and O–H groups in total. The third kappa shape index (κ3) is 9.77. The molecule has 0 radical (unpaired) electrons. The van der Waals surface area contributed by atoms with Gasteiger partial charge >= 0.3 is 18.0 Å². The average Bonchev–Trinajstić information content (AvgIpc) is 3.89. The molecule has 16 heteroatoms. The van der Waals surface area contributed by atoms with E-state index in [4.69, 9.17) is 24.7 Å². The van der Waals surface area contributed by atoms with Gasteiger partial charge in [-0.25, -0.2) is 13.2 Å². The number of carbonyl (C=O) groups excluding carboxylic acids is 4. The lowest BCUT2D eigenvalue weighted by Crippen LogP contribution is -2.48. The van der Waals surface area contributed by atoms with Crippen molar-refractivity contribution in [3.05, 3.63) is 118 Å². The molecular formula is C48H55N5O10S. The van der Waals surface area contributed by atoms with Gasteiger partial charge in [-0.15, -0.1) is 0 Å². The zero-order chi connectivity index (χ0) is 45.9. The maximum atomic E-state index is 14.4. The average molecular weight is 894 g/mol. The van der Waals surface area contributed by atoms with Crippen LogP contribution in [0.5, 0.6) is 5.75 Å². The highest BCUT2D eigenvalue weighted by Crippen LogP contribution is 2.45. The summed E-state index contributed by atoms with van der Waals surface area (Å²) in [6.45, 7) is 9.24. The largest absolute Gasteiger partial charge is 0.487 e. The number of fused-ring (bicyclic) bond motifs is 4. The van der Waals surface area contributed by atoms with Gasteiger partial charge in [0, 0.05) is 12.5 Å². The quantitative estimate of drug-likeness (QED) is 0.0377. The fourth-order valence-electron chi connectivity index (χ4n) is 8.82. The Morgan fingerprint density at radius 2 is 1.48 bits per heavy atom. The van der Waals surface area contributed by atoms with Crippen LogP contribution < -0.4 is 25.8 Å². The van der Waals surface area contributed by atoms with Gasteiger partial charge in [0.1, 0.15) is 30.6 Å². The van der Waals surface area contributed by atoms with Crippen LogP contribution in [0, 0.1) is 32.6 Å². The first-order valence-corrected chi connectivity index (χ1v) is 22.8. The number of rotatable bonds is 15. The number of nitrogens with one attached hydrogen (secondary N) is 3.